The fourth-order valence-corrected chi connectivity index (χ4v) is 6.16. The summed E-state index contributed by atoms with van der Waals surface area (Å²) in [7, 11) is 0. The Bertz CT molecular complexity index is 1680. The van der Waals surface area contributed by atoms with Gasteiger partial charge in [-0.25, -0.2) is 9.36 Å². The average Bonchev–Trinajstić information content (AvgIpc) is 3.33. The Labute approximate surface area is 261 Å². The SMILES string of the molecule is Cc1cn([C@@H]2OC3(COCc4ccccc4)COCC[C@]3(OCc3ccccc3)C2O)c(=O)n(COCc2ccccc2)c1=O. The summed E-state index contributed by atoms with van der Waals surface area (Å²) in [6, 6.07) is 28.9. The monoisotopic (exact) mass is 614 g/mol. The quantitative estimate of drug-likeness (QED) is 0.257. The molecule has 4 atom stereocenters. The summed E-state index contributed by atoms with van der Waals surface area (Å²) in [5.74, 6) is 0. The summed E-state index contributed by atoms with van der Waals surface area (Å²) in [5.41, 5.74) is -0.566. The smallest absolute Gasteiger partial charge is 0.335 e. The summed E-state index contributed by atoms with van der Waals surface area (Å²) in [6.07, 6.45) is -0.748. The van der Waals surface area contributed by atoms with E-state index in [2.05, 4.69) is 0 Å². The average molecular weight is 615 g/mol. The largest absolute Gasteiger partial charge is 0.385 e. The number of ether oxygens (including phenoxy) is 5. The molecule has 2 fully saturated rings. The van der Waals surface area contributed by atoms with Gasteiger partial charge in [-0.15, -0.1) is 0 Å². The molecule has 0 saturated carbocycles. The predicted octanol–water partition coefficient (Wildman–Crippen LogP) is 3.71. The molecule has 1 N–H and O–H groups in total. The van der Waals surface area contributed by atoms with E-state index in [9.17, 15) is 14.7 Å². The fourth-order valence-electron chi connectivity index (χ4n) is 6.16. The minimum atomic E-state index is -1.29. The zero-order valence-electron chi connectivity index (χ0n) is 25.2. The van der Waals surface area contributed by atoms with Gasteiger partial charge in [0, 0.05) is 24.8 Å². The second-order valence-corrected chi connectivity index (χ2v) is 11.6. The number of fused-ring (bicyclic) bond motifs is 1. The summed E-state index contributed by atoms with van der Waals surface area (Å²) in [5, 5.41) is 12.1. The minimum absolute atomic E-state index is 0.0395. The van der Waals surface area contributed by atoms with Gasteiger partial charge < -0.3 is 28.8 Å². The Morgan fingerprint density at radius 2 is 1.42 bits per heavy atom. The number of aromatic nitrogens is 2. The molecule has 45 heavy (non-hydrogen) atoms. The van der Waals surface area contributed by atoms with Crippen LogP contribution in [0.4, 0.5) is 0 Å². The third-order valence-corrected chi connectivity index (χ3v) is 8.58. The van der Waals surface area contributed by atoms with Gasteiger partial charge in [-0.05, 0) is 23.6 Å². The van der Waals surface area contributed by atoms with E-state index in [-0.39, 0.29) is 33.2 Å². The van der Waals surface area contributed by atoms with Crippen molar-refractivity contribution in [2.24, 2.45) is 0 Å². The van der Waals surface area contributed by atoms with Gasteiger partial charge in [0.15, 0.2) is 6.23 Å². The van der Waals surface area contributed by atoms with Crippen LogP contribution in [0.5, 0.6) is 0 Å². The topological polar surface area (TPSA) is 110 Å². The third-order valence-electron chi connectivity index (χ3n) is 8.58. The van der Waals surface area contributed by atoms with Crippen molar-refractivity contribution >= 4 is 0 Å². The van der Waals surface area contributed by atoms with Crippen LogP contribution in [-0.2, 0) is 50.2 Å². The Morgan fingerprint density at radius 1 is 0.844 bits per heavy atom. The van der Waals surface area contributed by atoms with Crippen LogP contribution < -0.4 is 11.2 Å². The van der Waals surface area contributed by atoms with Crippen molar-refractivity contribution in [1.82, 2.24) is 9.13 Å². The number of hydrogen-bond acceptors (Lipinski definition) is 8. The van der Waals surface area contributed by atoms with Gasteiger partial charge in [-0.3, -0.25) is 9.36 Å². The van der Waals surface area contributed by atoms with Crippen molar-refractivity contribution in [3.05, 3.63) is 140 Å². The maximum absolute atomic E-state index is 13.9. The molecule has 0 aliphatic carbocycles. The van der Waals surface area contributed by atoms with Crippen LogP contribution >= 0.6 is 0 Å². The molecule has 0 radical (unpaired) electrons. The molecule has 2 aliphatic heterocycles. The van der Waals surface area contributed by atoms with E-state index >= 15 is 0 Å². The highest BCUT2D eigenvalue weighted by Crippen LogP contribution is 2.51. The van der Waals surface area contributed by atoms with E-state index in [4.69, 9.17) is 23.7 Å². The van der Waals surface area contributed by atoms with Crippen LogP contribution in [0, 0.1) is 6.92 Å². The third kappa shape index (κ3) is 6.30. The van der Waals surface area contributed by atoms with E-state index in [1.807, 2.05) is 91.0 Å². The zero-order chi connectivity index (χ0) is 31.3. The normalized spacial score (nSPS) is 24.4. The van der Waals surface area contributed by atoms with Gasteiger partial charge >= 0.3 is 5.69 Å². The standard InChI is InChI=1S/C35H38N2O8/c1-26-19-36(33(40)37(31(26)39)25-43-21-28-13-7-3-8-14-28)32-30(38)35(44-22-29-15-9-4-10-16-29)17-18-41-23-34(35,45-32)24-42-20-27-11-5-2-6-12-27/h2-16,19,30,32,38H,17-18,20-25H2,1H3/t30?,32-,34?,35+/m1/s1. The lowest BCUT2D eigenvalue weighted by Crippen LogP contribution is -2.65. The van der Waals surface area contributed by atoms with Crippen molar-refractivity contribution in [2.45, 2.75) is 63.4 Å². The molecule has 10 heteroatoms. The highest BCUT2D eigenvalue weighted by atomic mass is 16.6. The van der Waals surface area contributed by atoms with Crippen molar-refractivity contribution < 1.29 is 28.8 Å². The van der Waals surface area contributed by atoms with Gasteiger partial charge in [0.05, 0.1) is 33.0 Å². The molecule has 236 valence electrons. The molecular weight excluding hydrogens is 576 g/mol. The summed E-state index contributed by atoms with van der Waals surface area (Å²) in [6.45, 7) is 2.53. The Morgan fingerprint density at radius 3 is 2.04 bits per heavy atom. The molecule has 1 aromatic heterocycles. The number of aliphatic hydroxyl groups is 1. The highest BCUT2D eigenvalue weighted by molar-refractivity contribution is 5.19. The van der Waals surface area contributed by atoms with E-state index < -0.39 is 34.8 Å². The molecule has 2 saturated heterocycles. The van der Waals surface area contributed by atoms with E-state index in [1.54, 1.807) is 6.92 Å². The first-order chi connectivity index (χ1) is 21.9. The number of hydrogen-bond donors (Lipinski definition) is 1. The second kappa shape index (κ2) is 13.6. The Hall–Kier alpha value is -3.90. The predicted molar refractivity (Wildman–Crippen MR) is 165 cm³/mol. The zero-order valence-corrected chi connectivity index (χ0v) is 25.2. The molecule has 0 bridgehead atoms. The van der Waals surface area contributed by atoms with Crippen LogP contribution in [0.1, 0.15) is 34.9 Å². The summed E-state index contributed by atoms with van der Waals surface area (Å²) >= 11 is 0. The van der Waals surface area contributed by atoms with Crippen molar-refractivity contribution in [3.63, 3.8) is 0 Å². The number of aliphatic hydroxyl groups excluding tert-OH is 1. The van der Waals surface area contributed by atoms with Gasteiger partial charge in [0.25, 0.3) is 5.56 Å². The molecule has 2 aliphatic rings. The minimum Gasteiger partial charge on any atom is -0.385 e. The molecule has 3 heterocycles. The van der Waals surface area contributed by atoms with Crippen LogP contribution in [-0.4, -0.2) is 51.4 Å². The van der Waals surface area contributed by atoms with Gasteiger partial charge in [0.1, 0.15) is 24.0 Å². The van der Waals surface area contributed by atoms with Gasteiger partial charge in [-0.2, -0.15) is 0 Å². The first kappa shape index (κ1) is 31.1. The van der Waals surface area contributed by atoms with E-state index in [0.717, 1.165) is 21.3 Å². The Balaban J connectivity index is 1.32. The number of aryl methyl sites for hydroxylation is 1. The first-order valence-corrected chi connectivity index (χ1v) is 15.1. The molecular formula is C35H38N2O8. The second-order valence-electron chi connectivity index (χ2n) is 11.6. The number of benzene rings is 3. The maximum Gasteiger partial charge on any atom is 0.335 e. The highest BCUT2D eigenvalue weighted by Gasteiger charge is 2.69. The lowest BCUT2D eigenvalue weighted by Gasteiger charge is -2.47. The van der Waals surface area contributed by atoms with E-state index in [0.29, 0.717) is 25.2 Å². The molecule has 0 spiro atoms. The maximum atomic E-state index is 13.9. The van der Waals surface area contributed by atoms with Crippen molar-refractivity contribution in [2.75, 3.05) is 19.8 Å². The number of rotatable bonds is 12. The lowest BCUT2D eigenvalue weighted by molar-refractivity contribution is -0.255. The van der Waals surface area contributed by atoms with Crippen LogP contribution in [0.25, 0.3) is 0 Å². The van der Waals surface area contributed by atoms with Crippen LogP contribution in [0.2, 0.25) is 0 Å². The van der Waals surface area contributed by atoms with Crippen molar-refractivity contribution in [1.29, 1.82) is 0 Å². The number of nitrogens with zero attached hydrogens (tertiary/aromatic N) is 2. The Kier molecular flexibility index (Phi) is 9.41. The van der Waals surface area contributed by atoms with E-state index in [1.165, 1.54) is 10.8 Å². The molecule has 0 amide bonds. The summed E-state index contributed by atoms with van der Waals surface area (Å²) in [4.78, 5) is 27.0. The van der Waals surface area contributed by atoms with Crippen LogP contribution in [0.3, 0.4) is 0 Å². The van der Waals surface area contributed by atoms with Gasteiger partial charge in [0.2, 0.25) is 0 Å². The molecule has 4 aromatic rings. The molecule has 6 rings (SSSR count). The lowest BCUT2D eigenvalue weighted by atomic mass is 9.77. The molecule has 2 unspecified atom stereocenters. The molecule has 10 nitrogen and oxygen atoms in total. The molecule has 3 aromatic carbocycles. The first-order valence-electron chi connectivity index (χ1n) is 15.1. The van der Waals surface area contributed by atoms with Crippen LogP contribution in [0.15, 0.2) is 107 Å². The van der Waals surface area contributed by atoms with Gasteiger partial charge in [-0.1, -0.05) is 91.0 Å². The summed E-state index contributed by atoms with van der Waals surface area (Å²) < 4.78 is 33.5. The fraction of sp³-hybridized carbons (Fsp3) is 0.371. The van der Waals surface area contributed by atoms with Crippen molar-refractivity contribution in [3.8, 4) is 0 Å².